The maximum Gasteiger partial charge on any atom is 0.225 e. The second kappa shape index (κ2) is 7.14. The van der Waals surface area contributed by atoms with E-state index in [0.717, 1.165) is 24.3 Å². The number of nitrogens with two attached hydrogens (primary N) is 1. The molecule has 3 N–H and O–H groups in total. The van der Waals surface area contributed by atoms with E-state index < -0.39 is 5.82 Å². The lowest BCUT2D eigenvalue weighted by atomic mass is 10.1. The van der Waals surface area contributed by atoms with Gasteiger partial charge in [0.25, 0.3) is 0 Å². The molecule has 1 saturated carbocycles. The van der Waals surface area contributed by atoms with Crippen LogP contribution in [0.2, 0.25) is 5.02 Å². The first-order valence-corrected chi connectivity index (χ1v) is 9.84. The number of aromatic nitrogens is 4. The van der Waals surface area contributed by atoms with Crippen molar-refractivity contribution in [3.8, 4) is 22.7 Å². The van der Waals surface area contributed by atoms with Gasteiger partial charge in [0.15, 0.2) is 5.65 Å². The van der Waals surface area contributed by atoms with Crippen LogP contribution in [-0.4, -0.2) is 32.9 Å². The molecule has 1 aliphatic rings. The molecule has 1 fully saturated rings. The van der Waals surface area contributed by atoms with Gasteiger partial charge in [0.2, 0.25) is 5.95 Å². The molecule has 2 aromatic heterocycles. The van der Waals surface area contributed by atoms with Crippen LogP contribution in [0.1, 0.15) is 12.8 Å². The summed E-state index contributed by atoms with van der Waals surface area (Å²) in [4.78, 5) is 9.22. The zero-order valence-corrected chi connectivity index (χ0v) is 16.8. The molecule has 0 atom stereocenters. The summed E-state index contributed by atoms with van der Waals surface area (Å²) in [5.41, 5.74) is 8.85. The topological polar surface area (TPSA) is 90.9 Å². The lowest BCUT2D eigenvalue weighted by molar-refractivity contribution is 0.414. The van der Waals surface area contributed by atoms with Crippen LogP contribution in [0.4, 0.5) is 16.2 Å². The SMILES string of the molecule is COc1ccc(-n2nc3nc(NC4CC4)nc(-c4ccc(F)c(Cl)c4)c3c2N)cc1. The highest BCUT2D eigenvalue weighted by Gasteiger charge is 2.25. The van der Waals surface area contributed by atoms with Gasteiger partial charge in [-0.3, -0.25) is 0 Å². The molecule has 1 aliphatic carbocycles. The van der Waals surface area contributed by atoms with E-state index in [0.29, 0.717) is 40.1 Å². The van der Waals surface area contributed by atoms with Crippen LogP contribution in [0.25, 0.3) is 28.0 Å². The second-order valence-corrected chi connectivity index (χ2v) is 7.54. The van der Waals surface area contributed by atoms with Crippen LogP contribution in [-0.2, 0) is 0 Å². The molecule has 0 spiro atoms. The molecular weight excluding hydrogens is 407 g/mol. The zero-order valence-electron chi connectivity index (χ0n) is 16.1. The lowest BCUT2D eigenvalue weighted by Gasteiger charge is -2.08. The summed E-state index contributed by atoms with van der Waals surface area (Å²) in [6.45, 7) is 0. The zero-order chi connectivity index (χ0) is 20.8. The Morgan fingerprint density at radius 2 is 1.93 bits per heavy atom. The van der Waals surface area contributed by atoms with E-state index in [-0.39, 0.29) is 5.02 Å². The van der Waals surface area contributed by atoms with Gasteiger partial charge in [-0.15, -0.1) is 5.10 Å². The smallest absolute Gasteiger partial charge is 0.225 e. The van der Waals surface area contributed by atoms with Gasteiger partial charge in [0, 0.05) is 11.6 Å². The minimum Gasteiger partial charge on any atom is -0.497 e. The van der Waals surface area contributed by atoms with Gasteiger partial charge in [-0.05, 0) is 55.3 Å². The van der Waals surface area contributed by atoms with Crippen LogP contribution in [0, 0.1) is 5.82 Å². The maximum atomic E-state index is 13.7. The van der Waals surface area contributed by atoms with E-state index in [4.69, 9.17) is 22.1 Å². The quantitative estimate of drug-likeness (QED) is 0.492. The van der Waals surface area contributed by atoms with Crippen molar-refractivity contribution in [3.63, 3.8) is 0 Å². The van der Waals surface area contributed by atoms with Crippen molar-refractivity contribution in [2.75, 3.05) is 18.2 Å². The average molecular weight is 425 g/mol. The number of hydrogen-bond acceptors (Lipinski definition) is 6. The van der Waals surface area contributed by atoms with E-state index in [1.54, 1.807) is 17.9 Å². The number of rotatable bonds is 5. The summed E-state index contributed by atoms with van der Waals surface area (Å²) >= 11 is 6.02. The van der Waals surface area contributed by atoms with Crippen LogP contribution in [0.5, 0.6) is 5.75 Å². The minimum atomic E-state index is -0.496. The van der Waals surface area contributed by atoms with Gasteiger partial charge in [-0.1, -0.05) is 11.6 Å². The van der Waals surface area contributed by atoms with Gasteiger partial charge in [-0.2, -0.15) is 4.98 Å². The fourth-order valence-electron chi connectivity index (χ4n) is 3.26. The molecule has 5 rings (SSSR count). The normalized spacial score (nSPS) is 13.6. The standard InChI is InChI=1S/C21H18ClFN6O/c1-30-14-7-5-13(6-8-14)29-19(24)17-18(11-2-9-16(23)15(22)10-11)26-21(25-12-3-4-12)27-20(17)28-29/h2,5-10,12H,3-4,24H2,1H3,(H,25,27,28). The number of methoxy groups -OCH3 is 1. The number of ether oxygens (including phenoxy) is 1. The predicted octanol–water partition coefficient (Wildman–Crippen LogP) is 4.44. The van der Waals surface area contributed by atoms with Crippen molar-refractivity contribution < 1.29 is 9.13 Å². The van der Waals surface area contributed by atoms with Crippen molar-refractivity contribution in [1.82, 2.24) is 19.7 Å². The minimum absolute atomic E-state index is 0.0112. The van der Waals surface area contributed by atoms with Crippen LogP contribution < -0.4 is 15.8 Å². The summed E-state index contributed by atoms with van der Waals surface area (Å²) in [7, 11) is 1.61. The molecule has 152 valence electrons. The Kier molecular flexibility index (Phi) is 4.43. The van der Waals surface area contributed by atoms with Gasteiger partial charge in [0.05, 0.1) is 28.9 Å². The molecule has 4 aromatic rings. The number of benzene rings is 2. The fourth-order valence-corrected chi connectivity index (χ4v) is 3.44. The first kappa shape index (κ1) is 18.6. The number of halogens is 2. The molecule has 7 nitrogen and oxygen atoms in total. The van der Waals surface area contributed by atoms with Crippen molar-refractivity contribution in [1.29, 1.82) is 0 Å². The Labute approximate surface area is 176 Å². The van der Waals surface area contributed by atoms with Crippen LogP contribution >= 0.6 is 11.6 Å². The largest absolute Gasteiger partial charge is 0.497 e. The summed E-state index contributed by atoms with van der Waals surface area (Å²) in [6.07, 6.45) is 2.14. The van der Waals surface area contributed by atoms with Crippen molar-refractivity contribution >= 4 is 34.4 Å². The molecule has 0 unspecified atom stereocenters. The maximum absolute atomic E-state index is 13.7. The number of anilines is 2. The first-order valence-electron chi connectivity index (χ1n) is 9.46. The average Bonchev–Trinajstić information content (AvgIpc) is 3.51. The molecule has 2 heterocycles. The van der Waals surface area contributed by atoms with Crippen LogP contribution in [0.15, 0.2) is 42.5 Å². The molecule has 0 aliphatic heterocycles. The molecule has 30 heavy (non-hydrogen) atoms. The third-order valence-electron chi connectivity index (χ3n) is 4.99. The number of fused-ring (bicyclic) bond motifs is 1. The Balaban J connectivity index is 1.71. The monoisotopic (exact) mass is 424 g/mol. The van der Waals surface area contributed by atoms with Crippen molar-refractivity contribution in [2.45, 2.75) is 18.9 Å². The predicted molar refractivity (Wildman–Crippen MR) is 115 cm³/mol. The Bertz CT molecular complexity index is 1250. The van der Waals surface area contributed by atoms with Gasteiger partial charge < -0.3 is 15.8 Å². The fraction of sp³-hybridized carbons (Fsp3) is 0.190. The molecule has 0 radical (unpaired) electrons. The Morgan fingerprint density at radius 1 is 1.17 bits per heavy atom. The first-order chi connectivity index (χ1) is 14.5. The van der Waals surface area contributed by atoms with E-state index >= 15 is 0 Å². The second-order valence-electron chi connectivity index (χ2n) is 7.14. The highest BCUT2D eigenvalue weighted by atomic mass is 35.5. The summed E-state index contributed by atoms with van der Waals surface area (Å²) < 4.78 is 20.5. The number of nitrogen functional groups attached to an aromatic ring is 1. The lowest BCUT2D eigenvalue weighted by Crippen LogP contribution is -2.06. The summed E-state index contributed by atoms with van der Waals surface area (Å²) in [5.74, 6) is 1.07. The molecular formula is C21H18ClFN6O. The van der Waals surface area contributed by atoms with Crippen molar-refractivity contribution in [3.05, 3.63) is 53.3 Å². The van der Waals surface area contributed by atoms with E-state index in [9.17, 15) is 4.39 Å². The van der Waals surface area contributed by atoms with E-state index in [1.807, 2.05) is 24.3 Å². The molecule has 0 bridgehead atoms. The van der Waals surface area contributed by atoms with E-state index in [2.05, 4.69) is 20.4 Å². The Morgan fingerprint density at radius 3 is 2.60 bits per heavy atom. The number of nitrogens with zero attached hydrogens (tertiary/aromatic N) is 4. The van der Waals surface area contributed by atoms with Gasteiger partial charge in [-0.25, -0.2) is 14.1 Å². The third-order valence-corrected chi connectivity index (χ3v) is 5.28. The van der Waals surface area contributed by atoms with Gasteiger partial charge in [0.1, 0.15) is 17.4 Å². The number of nitrogens with one attached hydrogen (secondary N) is 1. The highest BCUT2D eigenvalue weighted by molar-refractivity contribution is 6.31. The van der Waals surface area contributed by atoms with Gasteiger partial charge >= 0.3 is 0 Å². The summed E-state index contributed by atoms with van der Waals surface area (Å²) in [5, 5.41) is 8.49. The Hall–Kier alpha value is -3.39. The van der Waals surface area contributed by atoms with Crippen LogP contribution in [0.3, 0.4) is 0 Å². The van der Waals surface area contributed by atoms with E-state index in [1.165, 1.54) is 12.1 Å². The number of hydrogen-bond donors (Lipinski definition) is 2. The summed E-state index contributed by atoms with van der Waals surface area (Å²) in [6, 6.07) is 12.2. The molecule has 9 heteroatoms. The highest BCUT2D eigenvalue weighted by Crippen LogP contribution is 2.35. The molecule has 2 aromatic carbocycles. The van der Waals surface area contributed by atoms with Crippen molar-refractivity contribution in [2.24, 2.45) is 0 Å². The molecule has 0 amide bonds. The third kappa shape index (κ3) is 3.29. The molecule has 0 saturated heterocycles.